The van der Waals surface area contributed by atoms with Gasteiger partial charge in [-0.2, -0.15) is 0 Å². The van der Waals surface area contributed by atoms with Gasteiger partial charge < -0.3 is 15.0 Å². The molecule has 0 aromatic heterocycles. The molecule has 3 atom stereocenters. The van der Waals surface area contributed by atoms with E-state index in [1.165, 1.54) is 12.8 Å². The zero-order valence-electron chi connectivity index (χ0n) is 15.9. The Kier molecular flexibility index (Phi) is 5.19. The Morgan fingerprint density at radius 3 is 2.67 bits per heavy atom. The van der Waals surface area contributed by atoms with Gasteiger partial charge in [0.1, 0.15) is 11.9 Å². The van der Waals surface area contributed by atoms with Crippen molar-refractivity contribution in [2.75, 3.05) is 19.6 Å². The van der Waals surface area contributed by atoms with E-state index in [1.54, 1.807) is 6.92 Å². The number of carbonyl (C=O) groups is 2. The zero-order valence-corrected chi connectivity index (χ0v) is 15.9. The summed E-state index contributed by atoms with van der Waals surface area (Å²) in [5, 5.41) is 3.10. The Morgan fingerprint density at radius 2 is 2.00 bits per heavy atom. The van der Waals surface area contributed by atoms with Gasteiger partial charge in [-0.05, 0) is 48.8 Å². The Morgan fingerprint density at radius 1 is 1.19 bits per heavy atom. The number of benzene rings is 1. The molecule has 2 bridgehead atoms. The molecular weight excluding hydrogens is 340 g/mol. The van der Waals surface area contributed by atoms with Gasteiger partial charge in [0.15, 0.2) is 0 Å². The quantitative estimate of drug-likeness (QED) is 0.813. The van der Waals surface area contributed by atoms with Crippen LogP contribution in [0.2, 0.25) is 0 Å². The summed E-state index contributed by atoms with van der Waals surface area (Å²) in [6, 6.07) is 7.43. The van der Waals surface area contributed by atoms with Gasteiger partial charge in [-0.15, -0.1) is 0 Å². The molecule has 1 saturated heterocycles. The number of nitrogens with one attached hydrogen (secondary N) is 1. The highest BCUT2D eigenvalue weighted by atomic mass is 16.5. The van der Waals surface area contributed by atoms with E-state index in [0.717, 1.165) is 44.1 Å². The van der Waals surface area contributed by atoms with Gasteiger partial charge in [-0.25, -0.2) is 0 Å². The highest BCUT2D eigenvalue weighted by Gasteiger charge is 2.35. The topological polar surface area (TPSA) is 58.6 Å². The summed E-state index contributed by atoms with van der Waals surface area (Å²) in [5.74, 6) is 2.77. The number of hydrogen-bond donors (Lipinski definition) is 1. The fourth-order valence-electron chi connectivity index (χ4n) is 4.65. The van der Waals surface area contributed by atoms with Crippen molar-refractivity contribution in [1.29, 1.82) is 0 Å². The predicted molar refractivity (Wildman–Crippen MR) is 104 cm³/mol. The van der Waals surface area contributed by atoms with Crippen LogP contribution in [0.15, 0.2) is 36.4 Å². The van der Waals surface area contributed by atoms with Crippen molar-refractivity contribution in [2.24, 2.45) is 17.8 Å². The number of amides is 2. The molecule has 1 aliphatic heterocycles. The van der Waals surface area contributed by atoms with Gasteiger partial charge in [0.2, 0.25) is 5.91 Å². The number of fused-ring (bicyclic) bond motifs is 2. The lowest BCUT2D eigenvalue weighted by atomic mass is 9.93. The molecule has 3 unspecified atom stereocenters. The molecule has 27 heavy (non-hydrogen) atoms. The predicted octanol–water partition coefficient (Wildman–Crippen LogP) is 3.02. The molecule has 3 aliphatic rings. The first-order valence-electron chi connectivity index (χ1n) is 10.1. The van der Waals surface area contributed by atoms with Crippen LogP contribution >= 0.6 is 0 Å². The van der Waals surface area contributed by atoms with Crippen LogP contribution in [0.3, 0.4) is 0 Å². The molecule has 1 N–H and O–H groups in total. The van der Waals surface area contributed by atoms with E-state index in [-0.39, 0.29) is 17.9 Å². The van der Waals surface area contributed by atoms with Crippen LogP contribution in [0.25, 0.3) is 0 Å². The molecule has 0 spiro atoms. The van der Waals surface area contributed by atoms with Gasteiger partial charge in [0, 0.05) is 45.0 Å². The van der Waals surface area contributed by atoms with Gasteiger partial charge in [0.25, 0.3) is 5.91 Å². The normalized spacial score (nSPS) is 27.0. The van der Waals surface area contributed by atoms with Crippen molar-refractivity contribution in [3.8, 4) is 5.75 Å². The SMILES string of the molecule is CC(=O)N1CCC(Oc2cccc(C(=O)NCC3CC4C=CC3C4)c2)CC1. The summed E-state index contributed by atoms with van der Waals surface area (Å²) in [5.41, 5.74) is 0.646. The summed E-state index contributed by atoms with van der Waals surface area (Å²) in [6.07, 6.45) is 8.85. The molecule has 0 radical (unpaired) electrons. The van der Waals surface area contributed by atoms with Crippen molar-refractivity contribution in [3.63, 3.8) is 0 Å². The van der Waals surface area contributed by atoms with E-state index in [4.69, 9.17) is 4.74 Å². The first-order valence-corrected chi connectivity index (χ1v) is 10.1. The number of nitrogens with zero attached hydrogens (tertiary/aromatic N) is 1. The lowest BCUT2D eigenvalue weighted by Gasteiger charge is -2.31. The Labute approximate surface area is 160 Å². The minimum Gasteiger partial charge on any atom is -0.490 e. The van der Waals surface area contributed by atoms with E-state index >= 15 is 0 Å². The lowest BCUT2D eigenvalue weighted by molar-refractivity contribution is -0.130. The smallest absolute Gasteiger partial charge is 0.251 e. The fourth-order valence-corrected chi connectivity index (χ4v) is 4.65. The van der Waals surface area contributed by atoms with E-state index in [0.29, 0.717) is 17.4 Å². The maximum Gasteiger partial charge on any atom is 0.251 e. The van der Waals surface area contributed by atoms with Crippen LogP contribution in [-0.4, -0.2) is 42.5 Å². The van der Waals surface area contributed by atoms with E-state index in [2.05, 4.69) is 17.5 Å². The average molecular weight is 368 g/mol. The van der Waals surface area contributed by atoms with Crippen LogP contribution in [0.1, 0.15) is 43.0 Å². The van der Waals surface area contributed by atoms with Crippen molar-refractivity contribution >= 4 is 11.8 Å². The number of allylic oxidation sites excluding steroid dienone is 2. The first-order chi connectivity index (χ1) is 13.1. The molecular formula is C22H28N2O3. The Balaban J connectivity index is 1.29. The molecule has 4 rings (SSSR count). The first kappa shape index (κ1) is 18.1. The third kappa shape index (κ3) is 4.18. The number of hydrogen-bond acceptors (Lipinski definition) is 3. The largest absolute Gasteiger partial charge is 0.490 e. The van der Waals surface area contributed by atoms with Gasteiger partial charge in [-0.1, -0.05) is 18.2 Å². The van der Waals surface area contributed by atoms with Crippen molar-refractivity contribution in [2.45, 2.75) is 38.7 Å². The highest BCUT2D eigenvalue weighted by Crippen LogP contribution is 2.42. The molecule has 5 nitrogen and oxygen atoms in total. The maximum absolute atomic E-state index is 12.5. The fraction of sp³-hybridized carbons (Fsp3) is 0.545. The number of piperidine rings is 1. The van der Waals surface area contributed by atoms with Gasteiger partial charge in [0.05, 0.1) is 0 Å². The Bertz CT molecular complexity index is 737. The van der Waals surface area contributed by atoms with E-state index in [9.17, 15) is 9.59 Å². The van der Waals surface area contributed by atoms with Crippen LogP contribution in [0.5, 0.6) is 5.75 Å². The minimum absolute atomic E-state index is 0.0291. The van der Waals surface area contributed by atoms with Crippen LogP contribution in [0.4, 0.5) is 0 Å². The van der Waals surface area contributed by atoms with Crippen molar-refractivity contribution < 1.29 is 14.3 Å². The molecule has 2 aliphatic carbocycles. The van der Waals surface area contributed by atoms with E-state index in [1.807, 2.05) is 29.2 Å². The van der Waals surface area contributed by atoms with Gasteiger partial charge in [-0.3, -0.25) is 9.59 Å². The van der Waals surface area contributed by atoms with Crippen LogP contribution in [0, 0.1) is 17.8 Å². The molecule has 1 saturated carbocycles. The molecule has 2 amide bonds. The lowest BCUT2D eigenvalue weighted by Crippen LogP contribution is -2.40. The zero-order chi connectivity index (χ0) is 18.8. The number of ether oxygens (including phenoxy) is 1. The second kappa shape index (κ2) is 7.75. The van der Waals surface area contributed by atoms with Crippen LogP contribution < -0.4 is 10.1 Å². The highest BCUT2D eigenvalue weighted by molar-refractivity contribution is 5.94. The Hall–Kier alpha value is -2.30. The third-order valence-electron chi connectivity index (χ3n) is 6.23. The van der Waals surface area contributed by atoms with E-state index < -0.39 is 0 Å². The molecule has 1 heterocycles. The minimum atomic E-state index is -0.0291. The summed E-state index contributed by atoms with van der Waals surface area (Å²) in [6.45, 7) is 3.82. The molecule has 1 aromatic carbocycles. The summed E-state index contributed by atoms with van der Waals surface area (Å²) >= 11 is 0. The molecule has 144 valence electrons. The van der Waals surface area contributed by atoms with Crippen molar-refractivity contribution in [1.82, 2.24) is 10.2 Å². The monoisotopic (exact) mass is 368 g/mol. The van der Waals surface area contributed by atoms with Crippen LogP contribution in [-0.2, 0) is 4.79 Å². The summed E-state index contributed by atoms with van der Waals surface area (Å²) < 4.78 is 6.07. The van der Waals surface area contributed by atoms with Crippen molar-refractivity contribution in [3.05, 3.63) is 42.0 Å². The summed E-state index contributed by atoms with van der Waals surface area (Å²) in [7, 11) is 0. The third-order valence-corrected chi connectivity index (χ3v) is 6.23. The summed E-state index contributed by atoms with van der Waals surface area (Å²) in [4.78, 5) is 25.8. The average Bonchev–Trinajstić information content (AvgIpc) is 3.30. The molecule has 2 fully saturated rings. The second-order valence-corrected chi connectivity index (χ2v) is 8.10. The molecule has 5 heteroatoms. The van der Waals surface area contributed by atoms with Gasteiger partial charge >= 0.3 is 0 Å². The molecule has 1 aromatic rings. The number of carbonyl (C=O) groups excluding carboxylic acids is 2. The second-order valence-electron chi connectivity index (χ2n) is 8.10. The number of rotatable bonds is 5. The standard InChI is InChI=1S/C22H28N2O3/c1-15(25)24-9-7-20(8-10-24)27-21-4-2-3-18(13-21)22(26)23-14-19-12-16-5-6-17(19)11-16/h2-6,13,16-17,19-20H,7-12,14H2,1H3,(H,23,26). The maximum atomic E-state index is 12.5. The number of likely N-dealkylation sites (tertiary alicyclic amines) is 1.